The number of hydrogen-bond donors (Lipinski definition) is 2. The summed E-state index contributed by atoms with van der Waals surface area (Å²) in [5, 5.41) is 9.99. The van der Waals surface area contributed by atoms with E-state index in [0.29, 0.717) is 31.1 Å². The molecule has 2 N–H and O–H groups in total. The summed E-state index contributed by atoms with van der Waals surface area (Å²) in [7, 11) is 0. The highest BCUT2D eigenvalue weighted by Gasteiger charge is 2.16. The minimum absolute atomic E-state index is 0.369. The summed E-state index contributed by atoms with van der Waals surface area (Å²) in [6.45, 7) is 4.73. The fourth-order valence-corrected chi connectivity index (χ4v) is 3.81. The van der Waals surface area contributed by atoms with E-state index in [4.69, 9.17) is 4.74 Å². The maximum atomic E-state index is 5.48. The Hall–Kier alpha value is -4.30. The molecule has 0 saturated carbocycles. The van der Waals surface area contributed by atoms with Crippen molar-refractivity contribution in [3.8, 4) is 0 Å². The first-order valence-electron chi connectivity index (χ1n) is 11.6. The van der Waals surface area contributed by atoms with Gasteiger partial charge in [-0.2, -0.15) is 20.1 Å². The number of fused-ring (bicyclic) bond motifs is 1. The van der Waals surface area contributed by atoms with Crippen LogP contribution < -0.4 is 15.6 Å². The maximum Gasteiger partial charge on any atom is 0.250 e. The molecule has 0 aliphatic carbocycles. The van der Waals surface area contributed by atoms with Gasteiger partial charge in [0, 0.05) is 18.8 Å². The normalized spacial score (nSPS) is 14.4. The monoisotopic (exact) mass is 465 g/mol. The number of hydrazone groups is 1. The molecule has 0 spiro atoms. The molecule has 0 amide bonds. The van der Waals surface area contributed by atoms with Gasteiger partial charge in [0.1, 0.15) is 0 Å². The third-order valence-corrected chi connectivity index (χ3v) is 5.55. The van der Waals surface area contributed by atoms with Crippen molar-refractivity contribution < 1.29 is 4.74 Å². The first-order chi connectivity index (χ1) is 17.2. The first-order valence-corrected chi connectivity index (χ1v) is 11.6. The second kappa shape index (κ2) is 10.8. The number of morpholine rings is 1. The van der Waals surface area contributed by atoms with E-state index in [1.54, 1.807) is 6.21 Å². The van der Waals surface area contributed by atoms with Crippen LogP contribution in [0.3, 0.4) is 0 Å². The molecule has 1 aliphatic heterocycles. The molecule has 35 heavy (non-hydrogen) atoms. The second-order valence-electron chi connectivity index (χ2n) is 8.24. The molecule has 1 saturated heterocycles. The average Bonchev–Trinajstić information content (AvgIpc) is 2.89. The van der Waals surface area contributed by atoms with Crippen molar-refractivity contribution in [1.29, 1.82) is 0 Å². The molecule has 8 nitrogen and oxygen atoms in total. The van der Waals surface area contributed by atoms with Gasteiger partial charge in [-0.25, -0.2) is 5.43 Å². The van der Waals surface area contributed by atoms with E-state index in [0.717, 1.165) is 35.3 Å². The maximum absolute atomic E-state index is 5.48. The number of aromatic nitrogens is 3. The van der Waals surface area contributed by atoms with Gasteiger partial charge in [-0.05, 0) is 41.0 Å². The largest absolute Gasteiger partial charge is 0.378 e. The Morgan fingerprint density at radius 1 is 0.886 bits per heavy atom. The predicted molar refractivity (Wildman–Crippen MR) is 142 cm³/mol. The summed E-state index contributed by atoms with van der Waals surface area (Å²) in [5.74, 6) is 1.40. The Labute approximate surface area is 204 Å². The Morgan fingerprint density at radius 2 is 1.63 bits per heavy atom. The van der Waals surface area contributed by atoms with E-state index in [1.807, 2.05) is 43.3 Å². The lowest BCUT2D eigenvalue weighted by Gasteiger charge is -2.27. The molecule has 0 radical (unpaired) electrons. The second-order valence-corrected chi connectivity index (χ2v) is 8.24. The van der Waals surface area contributed by atoms with Crippen LogP contribution in [0, 0.1) is 0 Å². The van der Waals surface area contributed by atoms with Crippen molar-refractivity contribution in [1.82, 2.24) is 15.0 Å². The SMILES string of the molecule is CC(/C=N/Nc1nc(Nc2ccc3ccccc3c2)nc(N2CCOCC2)n1)=C\c1ccccc1. The molecular formula is C27H27N7O. The van der Waals surface area contributed by atoms with Gasteiger partial charge < -0.3 is 15.0 Å². The van der Waals surface area contributed by atoms with Crippen molar-refractivity contribution in [2.24, 2.45) is 5.10 Å². The molecule has 3 aromatic carbocycles. The molecule has 176 valence electrons. The van der Waals surface area contributed by atoms with Crippen LogP contribution in [0.4, 0.5) is 23.5 Å². The minimum Gasteiger partial charge on any atom is -0.378 e. The van der Waals surface area contributed by atoms with Crippen molar-refractivity contribution in [3.05, 3.63) is 83.9 Å². The highest BCUT2D eigenvalue weighted by molar-refractivity contribution is 5.86. The number of ether oxygens (including phenoxy) is 1. The van der Waals surface area contributed by atoms with Crippen LogP contribution in [0.2, 0.25) is 0 Å². The van der Waals surface area contributed by atoms with E-state index in [-0.39, 0.29) is 0 Å². The first kappa shape index (κ1) is 22.5. The zero-order valence-electron chi connectivity index (χ0n) is 19.6. The number of rotatable bonds is 7. The van der Waals surface area contributed by atoms with Crippen molar-refractivity contribution in [3.63, 3.8) is 0 Å². The van der Waals surface area contributed by atoms with E-state index in [2.05, 4.69) is 78.2 Å². The Morgan fingerprint density at radius 3 is 2.46 bits per heavy atom. The molecule has 8 heteroatoms. The van der Waals surface area contributed by atoms with Crippen LogP contribution in [0.25, 0.3) is 16.8 Å². The summed E-state index contributed by atoms with van der Waals surface area (Å²) >= 11 is 0. The van der Waals surface area contributed by atoms with E-state index in [1.165, 1.54) is 5.39 Å². The van der Waals surface area contributed by atoms with Crippen molar-refractivity contribution >= 4 is 46.6 Å². The molecule has 1 aliphatic rings. The molecule has 0 bridgehead atoms. The van der Waals surface area contributed by atoms with E-state index in [9.17, 15) is 0 Å². The van der Waals surface area contributed by atoms with Crippen LogP contribution in [-0.4, -0.2) is 47.5 Å². The molecule has 1 fully saturated rings. The smallest absolute Gasteiger partial charge is 0.250 e. The third kappa shape index (κ3) is 5.99. The topological polar surface area (TPSA) is 87.6 Å². The Balaban J connectivity index is 1.38. The lowest BCUT2D eigenvalue weighted by atomic mass is 10.1. The van der Waals surface area contributed by atoms with Crippen LogP contribution in [0.1, 0.15) is 12.5 Å². The average molecular weight is 466 g/mol. The minimum atomic E-state index is 0.369. The summed E-state index contributed by atoms with van der Waals surface area (Å²) in [6.07, 6.45) is 3.81. The summed E-state index contributed by atoms with van der Waals surface area (Å²) in [6, 6.07) is 24.5. The van der Waals surface area contributed by atoms with Gasteiger partial charge in [0.15, 0.2) is 0 Å². The van der Waals surface area contributed by atoms with Gasteiger partial charge >= 0.3 is 0 Å². The number of hydrogen-bond acceptors (Lipinski definition) is 8. The molecule has 0 unspecified atom stereocenters. The van der Waals surface area contributed by atoms with Gasteiger partial charge in [-0.3, -0.25) is 0 Å². The number of anilines is 4. The molecule has 0 atom stereocenters. The third-order valence-electron chi connectivity index (χ3n) is 5.55. The van der Waals surface area contributed by atoms with Crippen molar-refractivity contribution in [2.45, 2.75) is 6.92 Å². The van der Waals surface area contributed by atoms with E-state index < -0.39 is 0 Å². The van der Waals surface area contributed by atoms with Crippen LogP contribution in [0.5, 0.6) is 0 Å². The van der Waals surface area contributed by atoms with Crippen LogP contribution >= 0.6 is 0 Å². The van der Waals surface area contributed by atoms with Gasteiger partial charge in [0.05, 0.1) is 19.4 Å². The summed E-state index contributed by atoms with van der Waals surface area (Å²) in [4.78, 5) is 15.9. The summed E-state index contributed by atoms with van der Waals surface area (Å²) in [5.41, 5.74) is 5.99. The quantitative estimate of drug-likeness (QED) is 0.290. The van der Waals surface area contributed by atoms with Gasteiger partial charge in [-0.1, -0.05) is 66.7 Å². The lowest BCUT2D eigenvalue weighted by Crippen LogP contribution is -2.37. The number of nitrogens with zero attached hydrogens (tertiary/aromatic N) is 5. The van der Waals surface area contributed by atoms with Crippen LogP contribution in [0.15, 0.2) is 83.5 Å². The van der Waals surface area contributed by atoms with Gasteiger partial charge in [-0.15, -0.1) is 0 Å². The van der Waals surface area contributed by atoms with Crippen LogP contribution in [-0.2, 0) is 4.74 Å². The molecule has 2 heterocycles. The number of allylic oxidation sites excluding steroid dienone is 1. The zero-order chi connectivity index (χ0) is 23.9. The number of nitrogens with one attached hydrogen (secondary N) is 2. The summed E-state index contributed by atoms with van der Waals surface area (Å²) < 4.78 is 5.48. The molecule has 4 aromatic rings. The Bertz CT molecular complexity index is 1350. The highest BCUT2D eigenvalue weighted by Crippen LogP contribution is 2.23. The van der Waals surface area contributed by atoms with Gasteiger partial charge in [0.2, 0.25) is 17.8 Å². The molecular weight excluding hydrogens is 438 g/mol. The molecule has 1 aromatic heterocycles. The highest BCUT2D eigenvalue weighted by atomic mass is 16.5. The fourth-order valence-electron chi connectivity index (χ4n) is 3.81. The zero-order valence-corrected chi connectivity index (χ0v) is 19.6. The fraction of sp³-hybridized carbons (Fsp3) is 0.185. The van der Waals surface area contributed by atoms with Crippen molar-refractivity contribution in [2.75, 3.05) is 41.9 Å². The van der Waals surface area contributed by atoms with Gasteiger partial charge in [0.25, 0.3) is 0 Å². The Kier molecular flexibility index (Phi) is 6.91. The predicted octanol–water partition coefficient (Wildman–Crippen LogP) is 5.11. The molecule has 5 rings (SSSR count). The number of benzene rings is 3. The van der Waals surface area contributed by atoms with E-state index >= 15 is 0 Å². The standard InChI is InChI=1S/C27H27N7O/c1-20(17-21-7-3-2-4-8-21)19-28-33-26-30-25(31-27(32-26)34-13-15-35-16-14-34)29-24-12-11-22-9-5-6-10-23(22)18-24/h2-12,17-19H,13-16H2,1H3,(H2,29,30,31,32,33)/b20-17+,28-19+. The lowest BCUT2D eigenvalue weighted by molar-refractivity contribution is 0.122.